The summed E-state index contributed by atoms with van der Waals surface area (Å²) in [6, 6.07) is 11.7. The molecule has 0 bridgehead atoms. The molecule has 1 atom stereocenters. The lowest BCUT2D eigenvalue weighted by atomic mass is 9.97. The van der Waals surface area contributed by atoms with Crippen LogP contribution in [-0.2, 0) is 24.4 Å². The number of pyridine rings is 1. The first kappa shape index (κ1) is 27.4. The van der Waals surface area contributed by atoms with Gasteiger partial charge >= 0.3 is 12.1 Å². The van der Waals surface area contributed by atoms with Crippen LogP contribution >= 0.6 is 0 Å². The number of ketones is 1. The van der Waals surface area contributed by atoms with E-state index >= 15 is 0 Å². The summed E-state index contributed by atoms with van der Waals surface area (Å²) in [5.74, 6) is -2.52. The number of aromatic nitrogens is 2. The number of alkyl halides is 3. The Morgan fingerprint density at radius 3 is 2.31 bits per heavy atom. The summed E-state index contributed by atoms with van der Waals surface area (Å²) in [4.78, 5) is 52.8. The standard InChI is InChI=1S/C28H24F3N3O5/c1-14-12-19(28(29,30)31)23(26(37)34(14)3)17-10-8-16(9-11-17)13-21(27(38)39)33-25(36)24-22(15(2)35)18-6-4-5-7-20(18)32-24/h4-12,21,32H,13H2,1-3H3,(H,33,36)(H,38,39). The molecule has 0 aliphatic heterocycles. The first-order chi connectivity index (χ1) is 18.3. The van der Waals surface area contributed by atoms with Gasteiger partial charge in [0.15, 0.2) is 5.78 Å². The maximum atomic E-state index is 13.7. The molecule has 1 unspecified atom stereocenters. The summed E-state index contributed by atoms with van der Waals surface area (Å²) in [5.41, 5.74) is -1.22. The second kappa shape index (κ2) is 10.2. The number of nitrogens with one attached hydrogen (secondary N) is 2. The van der Waals surface area contributed by atoms with Crippen molar-refractivity contribution in [3.05, 3.63) is 93.0 Å². The molecule has 2 heterocycles. The van der Waals surface area contributed by atoms with E-state index in [-0.39, 0.29) is 34.7 Å². The number of carboxylic acids is 1. The van der Waals surface area contributed by atoms with Crippen LogP contribution in [0, 0.1) is 6.92 Å². The molecule has 0 aliphatic carbocycles. The van der Waals surface area contributed by atoms with Gasteiger partial charge in [-0.25, -0.2) is 4.79 Å². The lowest BCUT2D eigenvalue weighted by Gasteiger charge is -2.17. The molecule has 8 nitrogen and oxygen atoms in total. The number of halogens is 3. The van der Waals surface area contributed by atoms with Gasteiger partial charge in [-0.05, 0) is 37.1 Å². The Bertz CT molecular complexity index is 1670. The molecule has 3 N–H and O–H groups in total. The molecule has 39 heavy (non-hydrogen) atoms. The number of carbonyl (C=O) groups excluding carboxylic acids is 2. The van der Waals surface area contributed by atoms with Gasteiger partial charge in [0.25, 0.3) is 11.5 Å². The molecule has 4 rings (SSSR count). The van der Waals surface area contributed by atoms with E-state index in [0.29, 0.717) is 16.5 Å². The molecule has 0 fully saturated rings. The van der Waals surface area contributed by atoms with Crippen LogP contribution in [-0.4, -0.2) is 38.4 Å². The van der Waals surface area contributed by atoms with Gasteiger partial charge in [0.05, 0.1) is 16.7 Å². The fraction of sp³-hybridized carbons (Fsp3) is 0.214. The maximum Gasteiger partial charge on any atom is 0.417 e. The minimum absolute atomic E-state index is 0.0201. The number of hydrogen-bond acceptors (Lipinski definition) is 4. The molecule has 0 radical (unpaired) electrons. The Morgan fingerprint density at radius 2 is 1.72 bits per heavy atom. The van der Waals surface area contributed by atoms with Crippen molar-refractivity contribution in [2.75, 3.05) is 0 Å². The Labute approximate surface area is 220 Å². The summed E-state index contributed by atoms with van der Waals surface area (Å²) in [6.07, 6.45) is -4.96. The minimum Gasteiger partial charge on any atom is -0.480 e. The molecule has 4 aromatic rings. The summed E-state index contributed by atoms with van der Waals surface area (Å²) >= 11 is 0. The predicted octanol–water partition coefficient (Wildman–Crippen LogP) is 4.49. The van der Waals surface area contributed by atoms with Crippen molar-refractivity contribution in [1.82, 2.24) is 14.9 Å². The quantitative estimate of drug-likeness (QED) is 0.299. The SMILES string of the molecule is CC(=O)c1c(C(=O)NC(Cc2ccc(-c3c(C(F)(F)F)cc(C)n(C)c3=O)cc2)C(=O)O)[nH]c2ccccc12. The number of benzene rings is 2. The van der Waals surface area contributed by atoms with Crippen molar-refractivity contribution in [2.45, 2.75) is 32.5 Å². The van der Waals surface area contributed by atoms with E-state index in [1.54, 1.807) is 24.3 Å². The van der Waals surface area contributed by atoms with Crippen molar-refractivity contribution in [3.63, 3.8) is 0 Å². The van der Waals surface area contributed by atoms with Crippen LogP contribution in [0.2, 0.25) is 0 Å². The number of nitrogens with zero attached hydrogens (tertiary/aromatic N) is 1. The zero-order valence-electron chi connectivity index (χ0n) is 21.1. The number of amides is 1. The van der Waals surface area contributed by atoms with Gasteiger partial charge in [0.1, 0.15) is 11.7 Å². The highest BCUT2D eigenvalue weighted by molar-refractivity contribution is 6.15. The molecule has 2 aromatic heterocycles. The molecule has 202 valence electrons. The van der Waals surface area contributed by atoms with Gasteiger partial charge in [-0.3, -0.25) is 14.4 Å². The third-order valence-corrected chi connectivity index (χ3v) is 6.55. The van der Waals surface area contributed by atoms with E-state index in [0.717, 1.165) is 10.6 Å². The second-order valence-electron chi connectivity index (χ2n) is 9.18. The monoisotopic (exact) mass is 539 g/mol. The third-order valence-electron chi connectivity index (χ3n) is 6.55. The molecular weight excluding hydrogens is 515 g/mol. The predicted molar refractivity (Wildman–Crippen MR) is 138 cm³/mol. The number of carboxylic acid groups (broad SMARTS) is 1. The van der Waals surface area contributed by atoms with Crippen LogP contribution in [0.1, 0.15) is 44.6 Å². The van der Waals surface area contributed by atoms with Crippen molar-refractivity contribution in [1.29, 1.82) is 0 Å². The number of carbonyl (C=O) groups is 3. The summed E-state index contributed by atoms with van der Waals surface area (Å²) in [7, 11) is 1.38. The van der Waals surface area contributed by atoms with Crippen molar-refractivity contribution >= 4 is 28.6 Å². The first-order valence-electron chi connectivity index (χ1n) is 11.8. The highest BCUT2D eigenvalue weighted by Gasteiger charge is 2.36. The smallest absolute Gasteiger partial charge is 0.417 e. The number of fused-ring (bicyclic) bond motifs is 1. The Hall–Kier alpha value is -4.67. The number of aryl methyl sites for hydroxylation is 1. The van der Waals surface area contributed by atoms with E-state index in [2.05, 4.69) is 10.3 Å². The largest absolute Gasteiger partial charge is 0.480 e. The number of aliphatic carboxylic acids is 1. The maximum absolute atomic E-state index is 13.7. The molecule has 0 spiro atoms. The number of Topliss-reactive ketones (excluding diaryl/α,β-unsaturated/α-hetero) is 1. The molecule has 0 aliphatic rings. The number of hydrogen-bond donors (Lipinski definition) is 3. The molecule has 2 aromatic carbocycles. The normalized spacial score (nSPS) is 12.4. The molecule has 0 saturated heterocycles. The van der Waals surface area contributed by atoms with Gasteiger partial charge in [0, 0.05) is 30.1 Å². The minimum atomic E-state index is -4.76. The topological polar surface area (TPSA) is 121 Å². The van der Waals surface area contributed by atoms with E-state index in [1.165, 1.54) is 45.2 Å². The van der Waals surface area contributed by atoms with Crippen molar-refractivity contribution < 1.29 is 32.7 Å². The van der Waals surface area contributed by atoms with Gasteiger partial charge in [-0.2, -0.15) is 13.2 Å². The Balaban J connectivity index is 1.62. The Kier molecular flexibility index (Phi) is 7.18. The van der Waals surface area contributed by atoms with E-state index in [1.807, 2.05) is 0 Å². The first-order valence-corrected chi connectivity index (χ1v) is 11.8. The van der Waals surface area contributed by atoms with Gasteiger partial charge in [-0.15, -0.1) is 0 Å². The summed E-state index contributed by atoms with van der Waals surface area (Å²) in [6.45, 7) is 2.70. The van der Waals surface area contributed by atoms with E-state index < -0.39 is 40.8 Å². The number of para-hydroxylation sites is 1. The zero-order valence-corrected chi connectivity index (χ0v) is 21.1. The number of rotatable bonds is 7. The summed E-state index contributed by atoms with van der Waals surface area (Å²) < 4.78 is 42.2. The van der Waals surface area contributed by atoms with Gasteiger partial charge in [-0.1, -0.05) is 42.5 Å². The van der Waals surface area contributed by atoms with Crippen molar-refractivity contribution in [2.24, 2.45) is 7.05 Å². The van der Waals surface area contributed by atoms with Crippen molar-refractivity contribution in [3.8, 4) is 11.1 Å². The number of aromatic amines is 1. The average molecular weight is 540 g/mol. The van der Waals surface area contributed by atoms with E-state index in [4.69, 9.17) is 0 Å². The van der Waals surface area contributed by atoms with E-state index in [9.17, 15) is 37.5 Å². The molecule has 11 heteroatoms. The fourth-order valence-corrected chi connectivity index (χ4v) is 4.48. The van der Waals surface area contributed by atoms with Crippen LogP contribution < -0.4 is 10.9 Å². The van der Waals surface area contributed by atoms with Crippen LogP contribution in [0.4, 0.5) is 13.2 Å². The molecular formula is C28H24F3N3O5. The Morgan fingerprint density at radius 1 is 1.08 bits per heavy atom. The van der Waals surface area contributed by atoms with Crippen LogP contribution in [0.5, 0.6) is 0 Å². The van der Waals surface area contributed by atoms with Crippen LogP contribution in [0.25, 0.3) is 22.0 Å². The van der Waals surface area contributed by atoms with Gasteiger partial charge in [0.2, 0.25) is 0 Å². The third kappa shape index (κ3) is 5.33. The second-order valence-corrected chi connectivity index (χ2v) is 9.18. The highest BCUT2D eigenvalue weighted by atomic mass is 19.4. The van der Waals surface area contributed by atoms with Crippen LogP contribution in [0.3, 0.4) is 0 Å². The number of H-pyrrole nitrogens is 1. The average Bonchev–Trinajstić information content (AvgIpc) is 3.27. The zero-order chi connectivity index (χ0) is 28.6. The highest BCUT2D eigenvalue weighted by Crippen LogP contribution is 2.36. The molecule has 1 amide bonds. The molecule has 0 saturated carbocycles. The lowest BCUT2D eigenvalue weighted by molar-refractivity contribution is -0.139. The summed E-state index contributed by atoms with van der Waals surface area (Å²) in [5, 5.41) is 12.7. The van der Waals surface area contributed by atoms with Crippen LogP contribution in [0.15, 0.2) is 59.4 Å². The fourth-order valence-electron chi connectivity index (χ4n) is 4.48. The lowest BCUT2D eigenvalue weighted by Crippen LogP contribution is -2.42. The van der Waals surface area contributed by atoms with Gasteiger partial charge < -0.3 is 20.0 Å².